The summed E-state index contributed by atoms with van der Waals surface area (Å²) >= 11 is 3.52. The molecule has 0 unspecified atom stereocenters. The SMILES string of the molecule is COc1cc(CNC2CCCCCCC2)cc(Br)c1OCC#N.Cl. The van der Waals surface area contributed by atoms with Gasteiger partial charge in [0.15, 0.2) is 18.1 Å². The van der Waals surface area contributed by atoms with Crippen molar-refractivity contribution in [2.24, 2.45) is 0 Å². The summed E-state index contributed by atoms with van der Waals surface area (Å²) in [5, 5.41) is 12.3. The van der Waals surface area contributed by atoms with Gasteiger partial charge in [-0.3, -0.25) is 0 Å². The third-order valence-electron chi connectivity index (χ3n) is 4.27. The summed E-state index contributed by atoms with van der Waals surface area (Å²) in [6, 6.07) is 6.60. The van der Waals surface area contributed by atoms with Crippen LogP contribution in [0, 0.1) is 11.3 Å². The summed E-state index contributed by atoms with van der Waals surface area (Å²) in [5.74, 6) is 1.24. The molecule has 0 aromatic heterocycles. The number of rotatable bonds is 6. The summed E-state index contributed by atoms with van der Waals surface area (Å²) in [7, 11) is 1.62. The summed E-state index contributed by atoms with van der Waals surface area (Å²) in [6.45, 7) is 0.826. The van der Waals surface area contributed by atoms with E-state index < -0.39 is 0 Å². The van der Waals surface area contributed by atoms with Crippen LogP contribution in [0.25, 0.3) is 0 Å². The minimum atomic E-state index is 0. The minimum absolute atomic E-state index is 0. The summed E-state index contributed by atoms with van der Waals surface area (Å²) in [5.41, 5.74) is 1.15. The van der Waals surface area contributed by atoms with E-state index in [2.05, 4.69) is 21.2 Å². The lowest BCUT2D eigenvalue weighted by molar-refractivity contribution is 0.327. The molecule has 1 aliphatic rings. The van der Waals surface area contributed by atoms with Crippen LogP contribution in [-0.2, 0) is 6.54 Å². The maximum absolute atomic E-state index is 8.67. The molecule has 4 nitrogen and oxygen atoms in total. The van der Waals surface area contributed by atoms with Gasteiger partial charge in [0.25, 0.3) is 0 Å². The fourth-order valence-electron chi connectivity index (χ4n) is 3.04. The number of hydrogen-bond acceptors (Lipinski definition) is 4. The van der Waals surface area contributed by atoms with Crippen LogP contribution in [0.3, 0.4) is 0 Å². The molecule has 1 aromatic carbocycles. The number of nitriles is 1. The first kappa shape index (κ1) is 21.1. The van der Waals surface area contributed by atoms with Crippen molar-refractivity contribution in [3.05, 3.63) is 22.2 Å². The van der Waals surface area contributed by atoms with Crippen molar-refractivity contribution >= 4 is 28.3 Å². The van der Waals surface area contributed by atoms with E-state index in [0.29, 0.717) is 17.5 Å². The monoisotopic (exact) mass is 416 g/mol. The van der Waals surface area contributed by atoms with Crippen LogP contribution in [0.1, 0.15) is 50.5 Å². The van der Waals surface area contributed by atoms with E-state index in [1.807, 2.05) is 18.2 Å². The zero-order valence-corrected chi connectivity index (χ0v) is 16.5. The van der Waals surface area contributed by atoms with Gasteiger partial charge in [-0.15, -0.1) is 12.4 Å². The van der Waals surface area contributed by atoms with Crippen molar-refractivity contribution < 1.29 is 9.47 Å². The van der Waals surface area contributed by atoms with Crippen molar-refractivity contribution in [1.29, 1.82) is 5.26 Å². The van der Waals surface area contributed by atoms with Gasteiger partial charge in [-0.25, -0.2) is 0 Å². The fourth-order valence-corrected chi connectivity index (χ4v) is 3.65. The highest BCUT2D eigenvalue weighted by Crippen LogP contribution is 2.36. The average Bonchev–Trinajstić information content (AvgIpc) is 2.52. The molecule has 1 aliphatic carbocycles. The molecule has 0 saturated heterocycles. The molecule has 0 spiro atoms. The van der Waals surface area contributed by atoms with E-state index >= 15 is 0 Å². The lowest BCUT2D eigenvalue weighted by Crippen LogP contribution is -2.29. The number of nitrogens with zero attached hydrogens (tertiary/aromatic N) is 1. The van der Waals surface area contributed by atoms with Crippen LogP contribution >= 0.6 is 28.3 Å². The molecule has 0 amide bonds. The fraction of sp³-hybridized carbons (Fsp3) is 0.611. The van der Waals surface area contributed by atoms with Crippen LogP contribution in [0.4, 0.5) is 0 Å². The number of hydrogen-bond donors (Lipinski definition) is 1. The van der Waals surface area contributed by atoms with E-state index in [0.717, 1.165) is 16.6 Å². The van der Waals surface area contributed by atoms with Gasteiger partial charge in [-0.2, -0.15) is 5.26 Å². The molecule has 1 aromatic rings. The molecule has 24 heavy (non-hydrogen) atoms. The lowest BCUT2D eigenvalue weighted by atomic mass is 9.96. The number of methoxy groups -OCH3 is 1. The van der Waals surface area contributed by atoms with Crippen molar-refractivity contribution in [1.82, 2.24) is 5.32 Å². The molecule has 0 atom stereocenters. The third-order valence-corrected chi connectivity index (χ3v) is 4.86. The van der Waals surface area contributed by atoms with E-state index in [4.69, 9.17) is 14.7 Å². The van der Waals surface area contributed by atoms with Gasteiger partial charge >= 0.3 is 0 Å². The van der Waals surface area contributed by atoms with Gasteiger partial charge in [0.2, 0.25) is 0 Å². The summed E-state index contributed by atoms with van der Waals surface area (Å²) < 4.78 is 11.7. The standard InChI is InChI=1S/C18H25BrN2O2.ClH/c1-22-17-12-14(11-16(19)18(17)23-10-9-20)13-21-15-7-5-3-2-4-6-8-15;/h11-12,15,21H,2-8,10,13H2,1H3;1H. The first-order chi connectivity index (χ1) is 11.2. The number of ether oxygens (including phenoxy) is 2. The second-order valence-corrected chi connectivity index (χ2v) is 6.83. The zero-order chi connectivity index (χ0) is 16.5. The smallest absolute Gasteiger partial charge is 0.176 e. The van der Waals surface area contributed by atoms with Gasteiger partial charge < -0.3 is 14.8 Å². The Hall–Kier alpha value is -0.960. The average molecular weight is 418 g/mol. The molecule has 134 valence electrons. The van der Waals surface area contributed by atoms with E-state index in [-0.39, 0.29) is 19.0 Å². The Morgan fingerprint density at radius 2 is 1.88 bits per heavy atom. The van der Waals surface area contributed by atoms with Crippen molar-refractivity contribution in [3.63, 3.8) is 0 Å². The predicted molar refractivity (Wildman–Crippen MR) is 102 cm³/mol. The first-order valence-electron chi connectivity index (χ1n) is 8.34. The highest BCUT2D eigenvalue weighted by molar-refractivity contribution is 9.10. The number of halogens is 2. The Bertz CT molecular complexity index is 541. The van der Waals surface area contributed by atoms with Gasteiger partial charge in [-0.05, 0) is 46.5 Å². The zero-order valence-electron chi connectivity index (χ0n) is 14.1. The van der Waals surface area contributed by atoms with Crippen molar-refractivity contribution in [2.45, 2.75) is 57.5 Å². The topological polar surface area (TPSA) is 54.3 Å². The van der Waals surface area contributed by atoms with Crippen molar-refractivity contribution in [3.8, 4) is 17.6 Å². The predicted octanol–water partition coefficient (Wildman–Crippen LogP) is 4.98. The highest BCUT2D eigenvalue weighted by atomic mass is 79.9. The van der Waals surface area contributed by atoms with E-state index in [1.54, 1.807) is 7.11 Å². The van der Waals surface area contributed by atoms with Crippen LogP contribution < -0.4 is 14.8 Å². The molecule has 0 aliphatic heterocycles. The molecule has 1 saturated carbocycles. The Balaban J connectivity index is 0.00000288. The van der Waals surface area contributed by atoms with Crippen LogP contribution in [0.2, 0.25) is 0 Å². The van der Waals surface area contributed by atoms with E-state index in [9.17, 15) is 0 Å². The molecule has 0 bridgehead atoms. The molecule has 1 N–H and O–H groups in total. The largest absolute Gasteiger partial charge is 0.493 e. The van der Waals surface area contributed by atoms with Gasteiger partial charge in [0.1, 0.15) is 6.07 Å². The quantitative estimate of drug-likeness (QED) is 0.709. The second-order valence-electron chi connectivity index (χ2n) is 5.98. The van der Waals surface area contributed by atoms with Gasteiger partial charge in [0.05, 0.1) is 11.6 Å². The minimum Gasteiger partial charge on any atom is -0.493 e. The third kappa shape index (κ3) is 6.51. The maximum atomic E-state index is 8.67. The Morgan fingerprint density at radius 1 is 1.21 bits per heavy atom. The number of nitrogens with one attached hydrogen (secondary N) is 1. The van der Waals surface area contributed by atoms with Crippen LogP contribution in [-0.4, -0.2) is 19.8 Å². The van der Waals surface area contributed by atoms with Crippen molar-refractivity contribution in [2.75, 3.05) is 13.7 Å². The van der Waals surface area contributed by atoms with Crippen LogP contribution in [0.15, 0.2) is 16.6 Å². The number of benzene rings is 1. The molecule has 2 rings (SSSR count). The van der Waals surface area contributed by atoms with Gasteiger partial charge in [-0.1, -0.05) is 32.1 Å². The molecular weight excluding hydrogens is 392 g/mol. The second kappa shape index (κ2) is 11.6. The lowest BCUT2D eigenvalue weighted by Gasteiger charge is -2.21. The molecular formula is C18H26BrClN2O2. The molecule has 0 heterocycles. The molecule has 0 radical (unpaired) electrons. The summed E-state index contributed by atoms with van der Waals surface area (Å²) in [4.78, 5) is 0. The normalized spacial score (nSPS) is 15.5. The molecule has 1 fully saturated rings. The Labute approximate surface area is 159 Å². The Kier molecular flexibility index (Phi) is 10.2. The van der Waals surface area contributed by atoms with Crippen LogP contribution in [0.5, 0.6) is 11.5 Å². The maximum Gasteiger partial charge on any atom is 0.176 e. The Morgan fingerprint density at radius 3 is 2.50 bits per heavy atom. The molecule has 6 heteroatoms. The highest BCUT2D eigenvalue weighted by Gasteiger charge is 2.14. The first-order valence-corrected chi connectivity index (χ1v) is 9.13. The summed E-state index contributed by atoms with van der Waals surface area (Å²) in [6.07, 6.45) is 9.30. The van der Waals surface area contributed by atoms with E-state index in [1.165, 1.54) is 44.9 Å². The van der Waals surface area contributed by atoms with Gasteiger partial charge in [0, 0.05) is 12.6 Å².